The van der Waals surface area contributed by atoms with Crippen LogP contribution in [0.15, 0.2) is 42.1 Å². The lowest BCUT2D eigenvalue weighted by Gasteiger charge is -2.51. The van der Waals surface area contributed by atoms with Gasteiger partial charge in [-0.1, -0.05) is 30.3 Å². The third-order valence-electron chi connectivity index (χ3n) is 8.88. The number of amides is 2. The van der Waals surface area contributed by atoms with Crippen molar-refractivity contribution in [3.63, 3.8) is 0 Å². The van der Waals surface area contributed by atoms with E-state index in [9.17, 15) is 9.59 Å². The second-order valence-electron chi connectivity index (χ2n) is 11.9. The van der Waals surface area contributed by atoms with Crippen LogP contribution >= 0.6 is 0 Å². The smallest absolute Gasteiger partial charge is 0.411 e. The summed E-state index contributed by atoms with van der Waals surface area (Å²) < 4.78 is 41.1. The quantitative estimate of drug-likeness (QED) is 0.294. The Hall–Kier alpha value is -5.06. The van der Waals surface area contributed by atoms with Gasteiger partial charge in [0, 0.05) is 39.9 Å². The van der Waals surface area contributed by atoms with E-state index in [1.165, 1.54) is 4.90 Å². The number of ether oxygens (including phenoxy) is 7. The van der Waals surface area contributed by atoms with Gasteiger partial charge in [0.05, 0.1) is 41.1 Å². The molecule has 248 valence electrons. The number of benzene rings is 3. The number of carbonyl (C=O) groups excluding carboxylic acids is 2. The zero-order chi connectivity index (χ0) is 33.6. The van der Waals surface area contributed by atoms with Crippen LogP contribution in [0.1, 0.15) is 53.3 Å². The standard InChI is InChI=1S/C36H40N2O9/c1-19(2)47-36(40)38-26-16-24-28(34(44-8)33(43-7)21(4)31(24)42-6)29(38)25(37(35(26)39)17-22-12-10-9-11-13-22)14-23-15-27-32(46-18-45-27)20(3)30(23)41-5/h9-15,19,26,29H,16-18H2,1-8H3/b25-14+/t26-,29-/m0/s1. The average Bonchev–Trinajstić information content (AvgIpc) is 3.53. The Kier molecular flexibility index (Phi) is 8.57. The lowest BCUT2D eigenvalue weighted by atomic mass is 9.80. The first-order valence-corrected chi connectivity index (χ1v) is 15.5. The molecule has 0 radical (unpaired) electrons. The predicted molar refractivity (Wildman–Crippen MR) is 173 cm³/mol. The molecule has 2 amide bonds. The van der Waals surface area contributed by atoms with Gasteiger partial charge in [-0.2, -0.15) is 0 Å². The Bertz CT molecular complexity index is 1750. The van der Waals surface area contributed by atoms with Crippen LogP contribution in [0.3, 0.4) is 0 Å². The minimum atomic E-state index is -0.883. The second-order valence-corrected chi connectivity index (χ2v) is 11.9. The topological polar surface area (TPSA) is 105 Å². The van der Waals surface area contributed by atoms with Gasteiger partial charge in [-0.05, 0) is 45.4 Å². The van der Waals surface area contributed by atoms with Crippen molar-refractivity contribution < 1.29 is 42.7 Å². The normalized spacial score (nSPS) is 18.7. The molecule has 3 aromatic rings. The number of carbonyl (C=O) groups is 2. The van der Waals surface area contributed by atoms with Crippen molar-refractivity contribution in [3.8, 4) is 34.5 Å². The highest BCUT2D eigenvalue weighted by Gasteiger charge is 2.54. The number of piperazine rings is 1. The fraction of sp³-hybridized carbons (Fsp3) is 0.389. The van der Waals surface area contributed by atoms with Crippen molar-refractivity contribution in [2.45, 2.75) is 58.8 Å². The van der Waals surface area contributed by atoms with Gasteiger partial charge in [0.1, 0.15) is 23.6 Å². The molecule has 0 aliphatic carbocycles. The largest absolute Gasteiger partial charge is 0.496 e. The Morgan fingerprint density at radius 3 is 2.26 bits per heavy atom. The lowest BCUT2D eigenvalue weighted by Crippen LogP contribution is -2.61. The zero-order valence-corrected chi connectivity index (χ0v) is 28.0. The molecule has 2 bridgehead atoms. The van der Waals surface area contributed by atoms with Gasteiger partial charge in [-0.25, -0.2) is 4.79 Å². The molecule has 0 unspecified atom stereocenters. The van der Waals surface area contributed by atoms with Gasteiger partial charge in [0.15, 0.2) is 23.0 Å². The van der Waals surface area contributed by atoms with E-state index in [1.54, 1.807) is 47.2 Å². The molecule has 2 atom stereocenters. The van der Waals surface area contributed by atoms with Crippen molar-refractivity contribution in [1.82, 2.24) is 9.80 Å². The van der Waals surface area contributed by atoms with Crippen molar-refractivity contribution in [3.05, 3.63) is 75.5 Å². The van der Waals surface area contributed by atoms with E-state index >= 15 is 0 Å². The number of rotatable bonds is 8. The first-order chi connectivity index (χ1) is 22.6. The first kappa shape index (κ1) is 31.9. The van der Waals surface area contributed by atoms with Gasteiger partial charge in [-0.3, -0.25) is 9.69 Å². The summed E-state index contributed by atoms with van der Waals surface area (Å²) in [6.45, 7) is 7.68. The molecule has 3 aliphatic rings. The van der Waals surface area contributed by atoms with Gasteiger partial charge in [-0.15, -0.1) is 0 Å². The zero-order valence-electron chi connectivity index (χ0n) is 28.0. The SMILES string of the molecule is COc1c(/C=C2\[C@H]3c4c(c(OC)c(C)c(OC)c4OC)C[C@@H](C(=O)N2Cc2ccccc2)N3C(=O)OC(C)C)cc2c(c1C)OCO2. The molecule has 3 aromatic carbocycles. The number of hydrogen-bond donors (Lipinski definition) is 0. The van der Waals surface area contributed by atoms with Gasteiger partial charge >= 0.3 is 6.09 Å². The molecular weight excluding hydrogens is 604 g/mol. The van der Waals surface area contributed by atoms with Crippen LogP contribution in [0.5, 0.6) is 34.5 Å². The van der Waals surface area contributed by atoms with Crippen LogP contribution in [0.25, 0.3) is 6.08 Å². The van der Waals surface area contributed by atoms with Crippen molar-refractivity contribution in [1.29, 1.82) is 0 Å². The maximum Gasteiger partial charge on any atom is 0.411 e. The monoisotopic (exact) mass is 644 g/mol. The molecule has 6 rings (SSSR count). The molecule has 47 heavy (non-hydrogen) atoms. The van der Waals surface area contributed by atoms with Gasteiger partial charge in [0.2, 0.25) is 12.7 Å². The summed E-state index contributed by atoms with van der Waals surface area (Å²) in [4.78, 5) is 32.1. The number of methoxy groups -OCH3 is 4. The molecule has 0 spiro atoms. The molecule has 11 nitrogen and oxygen atoms in total. The molecule has 0 N–H and O–H groups in total. The van der Waals surface area contributed by atoms with Crippen molar-refractivity contribution >= 4 is 18.1 Å². The predicted octanol–water partition coefficient (Wildman–Crippen LogP) is 5.96. The summed E-state index contributed by atoms with van der Waals surface area (Å²) in [7, 11) is 6.30. The molecule has 0 saturated carbocycles. The van der Waals surface area contributed by atoms with E-state index in [4.69, 9.17) is 33.2 Å². The van der Waals surface area contributed by atoms with E-state index in [-0.39, 0.29) is 25.7 Å². The van der Waals surface area contributed by atoms with Crippen LogP contribution in [-0.4, -0.2) is 69.2 Å². The van der Waals surface area contributed by atoms with Crippen LogP contribution in [-0.2, 0) is 22.5 Å². The average molecular weight is 645 g/mol. The maximum absolute atomic E-state index is 14.8. The highest BCUT2D eigenvalue weighted by Crippen LogP contribution is 2.56. The summed E-state index contributed by atoms with van der Waals surface area (Å²) in [5.41, 5.74) is 4.97. The maximum atomic E-state index is 14.8. The van der Waals surface area contributed by atoms with E-state index in [1.807, 2.05) is 56.3 Å². The molecule has 11 heteroatoms. The van der Waals surface area contributed by atoms with Crippen LogP contribution in [0.2, 0.25) is 0 Å². The number of fused-ring (bicyclic) bond motifs is 5. The first-order valence-electron chi connectivity index (χ1n) is 15.5. The molecule has 3 heterocycles. The van der Waals surface area contributed by atoms with Crippen LogP contribution in [0, 0.1) is 13.8 Å². The molecular formula is C36H40N2O9. The highest BCUT2D eigenvalue weighted by atomic mass is 16.7. The third-order valence-corrected chi connectivity index (χ3v) is 8.88. The Labute approximate surface area is 274 Å². The Morgan fingerprint density at radius 1 is 0.936 bits per heavy atom. The van der Waals surface area contributed by atoms with Crippen LogP contribution in [0.4, 0.5) is 4.79 Å². The van der Waals surface area contributed by atoms with Gasteiger partial charge in [0.25, 0.3) is 0 Å². The van der Waals surface area contributed by atoms with Gasteiger partial charge < -0.3 is 38.1 Å². The molecule has 3 aliphatic heterocycles. The summed E-state index contributed by atoms with van der Waals surface area (Å²) >= 11 is 0. The Morgan fingerprint density at radius 2 is 1.62 bits per heavy atom. The highest BCUT2D eigenvalue weighted by molar-refractivity contribution is 5.93. The van der Waals surface area contributed by atoms with E-state index in [0.717, 1.165) is 22.3 Å². The van der Waals surface area contributed by atoms with E-state index in [2.05, 4.69) is 0 Å². The Balaban J connectivity index is 1.70. The minimum absolute atomic E-state index is 0.0839. The summed E-state index contributed by atoms with van der Waals surface area (Å²) in [5.74, 6) is 2.94. The fourth-order valence-corrected chi connectivity index (χ4v) is 7.00. The van der Waals surface area contributed by atoms with E-state index in [0.29, 0.717) is 51.3 Å². The van der Waals surface area contributed by atoms with Crippen LogP contribution < -0.4 is 28.4 Å². The second kappa shape index (κ2) is 12.6. The molecule has 1 fully saturated rings. The number of hydrogen-bond acceptors (Lipinski definition) is 9. The summed E-state index contributed by atoms with van der Waals surface area (Å²) in [5, 5.41) is 0. The number of nitrogens with zero attached hydrogens (tertiary/aromatic N) is 2. The molecule has 1 saturated heterocycles. The van der Waals surface area contributed by atoms with E-state index < -0.39 is 24.3 Å². The lowest BCUT2D eigenvalue weighted by molar-refractivity contribution is -0.141. The van der Waals surface area contributed by atoms with Crippen molar-refractivity contribution in [2.75, 3.05) is 35.2 Å². The minimum Gasteiger partial charge on any atom is -0.496 e. The van der Waals surface area contributed by atoms with Crippen molar-refractivity contribution in [2.24, 2.45) is 0 Å². The third kappa shape index (κ3) is 5.23. The summed E-state index contributed by atoms with van der Waals surface area (Å²) in [6, 6.07) is 9.83. The summed E-state index contributed by atoms with van der Waals surface area (Å²) in [6.07, 6.45) is 1.02. The molecule has 0 aromatic heterocycles. The fourth-order valence-electron chi connectivity index (χ4n) is 7.00.